The van der Waals surface area contributed by atoms with E-state index in [1.165, 1.54) is 4.88 Å². The number of furan rings is 1. The van der Waals surface area contributed by atoms with Crippen molar-refractivity contribution >= 4 is 22.9 Å². The summed E-state index contributed by atoms with van der Waals surface area (Å²) in [4.78, 5) is 1.25. The van der Waals surface area contributed by atoms with Gasteiger partial charge in [0.05, 0.1) is 10.6 Å². The number of hydrogen-bond donors (Lipinski definition) is 1. The van der Waals surface area contributed by atoms with Gasteiger partial charge in [-0.3, -0.25) is 0 Å². The van der Waals surface area contributed by atoms with E-state index in [0.717, 1.165) is 29.4 Å². The van der Waals surface area contributed by atoms with E-state index in [2.05, 4.69) is 0 Å². The smallest absolute Gasteiger partial charge is 0.103 e. The number of nitrogens with two attached hydrogens (primary N) is 1. The van der Waals surface area contributed by atoms with Crippen LogP contribution in [0.2, 0.25) is 4.34 Å². The predicted molar refractivity (Wildman–Crippen MR) is 68.0 cm³/mol. The van der Waals surface area contributed by atoms with Gasteiger partial charge in [0.2, 0.25) is 0 Å². The molecule has 0 radical (unpaired) electrons. The molecule has 2 heterocycles. The molecule has 0 amide bonds. The molecule has 0 saturated carbocycles. The van der Waals surface area contributed by atoms with E-state index in [-0.39, 0.29) is 6.04 Å². The Bertz CT molecular complexity index is 424. The van der Waals surface area contributed by atoms with Crippen LogP contribution < -0.4 is 5.73 Å². The molecule has 0 bridgehead atoms. The summed E-state index contributed by atoms with van der Waals surface area (Å²) in [5.41, 5.74) is 6.05. The molecule has 2 nitrogen and oxygen atoms in total. The molecule has 0 aliphatic heterocycles. The molecule has 16 heavy (non-hydrogen) atoms. The lowest BCUT2D eigenvalue weighted by atomic mass is 10.1. The van der Waals surface area contributed by atoms with Gasteiger partial charge in [0.15, 0.2) is 0 Å². The molecule has 0 saturated heterocycles. The Kier molecular flexibility index (Phi) is 4.04. The van der Waals surface area contributed by atoms with Gasteiger partial charge in [0.25, 0.3) is 0 Å². The summed E-state index contributed by atoms with van der Waals surface area (Å²) >= 11 is 7.47. The van der Waals surface area contributed by atoms with E-state index in [1.54, 1.807) is 17.6 Å². The summed E-state index contributed by atoms with van der Waals surface area (Å²) in [6.07, 6.45) is 4.41. The monoisotopic (exact) mass is 255 g/mol. The van der Waals surface area contributed by atoms with Crippen molar-refractivity contribution < 1.29 is 4.42 Å². The molecule has 1 unspecified atom stereocenters. The zero-order chi connectivity index (χ0) is 11.4. The standard InChI is InChI=1S/C12H14ClNOS/c13-12-6-5-11(16-12)8-9(14)3-4-10-2-1-7-15-10/h1-2,5-7,9H,3-4,8,14H2. The molecular formula is C12H14ClNOS. The maximum Gasteiger partial charge on any atom is 0.103 e. The minimum absolute atomic E-state index is 0.166. The fraction of sp³-hybridized carbons (Fsp3) is 0.333. The SMILES string of the molecule is NC(CCc1ccco1)Cc1ccc(Cl)s1. The van der Waals surface area contributed by atoms with Crippen molar-refractivity contribution in [3.05, 3.63) is 45.5 Å². The summed E-state index contributed by atoms with van der Waals surface area (Å²) in [5, 5.41) is 0. The summed E-state index contributed by atoms with van der Waals surface area (Å²) in [6.45, 7) is 0. The topological polar surface area (TPSA) is 39.2 Å². The Balaban J connectivity index is 1.78. The molecule has 2 aromatic rings. The van der Waals surface area contributed by atoms with Crippen molar-refractivity contribution in [1.29, 1.82) is 0 Å². The highest BCUT2D eigenvalue weighted by atomic mass is 35.5. The van der Waals surface area contributed by atoms with Gasteiger partial charge in [-0.1, -0.05) is 11.6 Å². The molecule has 0 fully saturated rings. The highest BCUT2D eigenvalue weighted by Crippen LogP contribution is 2.22. The molecule has 0 aliphatic carbocycles. The van der Waals surface area contributed by atoms with Crippen LogP contribution in [0.5, 0.6) is 0 Å². The molecule has 2 aromatic heterocycles. The van der Waals surface area contributed by atoms with E-state index in [9.17, 15) is 0 Å². The largest absolute Gasteiger partial charge is 0.469 e. The summed E-state index contributed by atoms with van der Waals surface area (Å²) < 4.78 is 6.09. The number of thiophene rings is 1. The zero-order valence-electron chi connectivity index (χ0n) is 8.86. The molecule has 0 aromatic carbocycles. The Morgan fingerprint density at radius 1 is 1.38 bits per heavy atom. The maximum atomic E-state index is 6.05. The lowest BCUT2D eigenvalue weighted by Gasteiger charge is -2.08. The van der Waals surface area contributed by atoms with Crippen LogP contribution >= 0.6 is 22.9 Å². The highest BCUT2D eigenvalue weighted by molar-refractivity contribution is 7.16. The Hall–Kier alpha value is -0.770. The van der Waals surface area contributed by atoms with Crippen molar-refractivity contribution in [2.24, 2.45) is 5.73 Å². The molecule has 86 valence electrons. The Morgan fingerprint density at radius 3 is 2.88 bits per heavy atom. The zero-order valence-corrected chi connectivity index (χ0v) is 10.4. The van der Waals surface area contributed by atoms with Gasteiger partial charge in [-0.15, -0.1) is 11.3 Å². The van der Waals surface area contributed by atoms with E-state index in [0.29, 0.717) is 0 Å². The van der Waals surface area contributed by atoms with Gasteiger partial charge in [0, 0.05) is 17.3 Å². The van der Waals surface area contributed by atoms with E-state index in [4.69, 9.17) is 21.8 Å². The fourth-order valence-electron chi connectivity index (χ4n) is 1.60. The van der Waals surface area contributed by atoms with Gasteiger partial charge < -0.3 is 10.2 Å². The van der Waals surface area contributed by atoms with Gasteiger partial charge in [-0.05, 0) is 37.1 Å². The van der Waals surface area contributed by atoms with Crippen LogP contribution in [0.25, 0.3) is 0 Å². The second kappa shape index (κ2) is 5.53. The number of rotatable bonds is 5. The second-order valence-electron chi connectivity index (χ2n) is 3.79. The Labute approximate surface area is 104 Å². The third-order valence-corrected chi connectivity index (χ3v) is 3.69. The first-order valence-electron chi connectivity index (χ1n) is 5.26. The molecule has 2 N–H and O–H groups in total. The molecule has 0 spiro atoms. The molecule has 0 aliphatic rings. The van der Waals surface area contributed by atoms with Crippen LogP contribution in [0.3, 0.4) is 0 Å². The van der Waals surface area contributed by atoms with E-state index >= 15 is 0 Å². The van der Waals surface area contributed by atoms with Crippen molar-refractivity contribution in [2.45, 2.75) is 25.3 Å². The van der Waals surface area contributed by atoms with Crippen LogP contribution in [-0.4, -0.2) is 6.04 Å². The van der Waals surface area contributed by atoms with Crippen LogP contribution in [-0.2, 0) is 12.8 Å². The summed E-state index contributed by atoms with van der Waals surface area (Å²) in [6, 6.07) is 8.01. The average Bonchev–Trinajstić information content (AvgIpc) is 2.87. The average molecular weight is 256 g/mol. The summed E-state index contributed by atoms with van der Waals surface area (Å²) in [7, 11) is 0. The summed E-state index contributed by atoms with van der Waals surface area (Å²) in [5.74, 6) is 1.000. The highest BCUT2D eigenvalue weighted by Gasteiger charge is 2.07. The molecule has 4 heteroatoms. The molecule has 2 rings (SSSR count). The predicted octanol–water partition coefficient (Wildman–Crippen LogP) is 3.50. The third-order valence-electron chi connectivity index (χ3n) is 2.43. The number of aryl methyl sites for hydroxylation is 1. The number of hydrogen-bond acceptors (Lipinski definition) is 3. The van der Waals surface area contributed by atoms with Gasteiger partial charge in [0.1, 0.15) is 5.76 Å². The quantitative estimate of drug-likeness (QED) is 0.888. The minimum Gasteiger partial charge on any atom is -0.469 e. The van der Waals surface area contributed by atoms with Crippen LogP contribution in [0.1, 0.15) is 17.1 Å². The lowest BCUT2D eigenvalue weighted by molar-refractivity contribution is 0.484. The maximum absolute atomic E-state index is 6.05. The molecular weight excluding hydrogens is 242 g/mol. The van der Waals surface area contributed by atoms with Gasteiger partial charge in [-0.2, -0.15) is 0 Å². The minimum atomic E-state index is 0.166. The third kappa shape index (κ3) is 3.37. The second-order valence-corrected chi connectivity index (χ2v) is 5.59. The normalized spacial score (nSPS) is 12.9. The van der Waals surface area contributed by atoms with Crippen LogP contribution in [0.15, 0.2) is 34.9 Å². The first kappa shape index (κ1) is 11.7. The lowest BCUT2D eigenvalue weighted by Crippen LogP contribution is -2.22. The van der Waals surface area contributed by atoms with Crippen LogP contribution in [0, 0.1) is 0 Å². The van der Waals surface area contributed by atoms with Crippen molar-refractivity contribution in [3.63, 3.8) is 0 Å². The van der Waals surface area contributed by atoms with Crippen molar-refractivity contribution in [3.8, 4) is 0 Å². The van der Waals surface area contributed by atoms with E-state index in [1.807, 2.05) is 24.3 Å². The van der Waals surface area contributed by atoms with Gasteiger partial charge >= 0.3 is 0 Å². The number of halogens is 1. The fourth-order valence-corrected chi connectivity index (χ4v) is 2.78. The first-order chi connectivity index (χ1) is 7.74. The van der Waals surface area contributed by atoms with Crippen LogP contribution in [0.4, 0.5) is 0 Å². The Morgan fingerprint density at radius 2 is 2.25 bits per heavy atom. The van der Waals surface area contributed by atoms with E-state index < -0.39 is 0 Å². The first-order valence-corrected chi connectivity index (χ1v) is 6.45. The van der Waals surface area contributed by atoms with Crippen molar-refractivity contribution in [2.75, 3.05) is 0 Å². The van der Waals surface area contributed by atoms with Gasteiger partial charge in [-0.25, -0.2) is 0 Å². The molecule has 1 atom stereocenters. The van der Waals surface area contributed by atoms with Crippen molar-refractivity contribution in [1.82, 2.24) is 0 Å².